The maximum atomic E-state index is 11.1. The molecule has 25 heavy (non-hydrogen) atoms. The first-order valence-electron chi connectivity index (χ1n) is 9.20. The van der Waals surface area contributed by atoms with Crippen LogP contribution in [0.25, 0.3) is 10.9 Å². The van der Waals surface area contributed by atoms with Crippen LogP contribution in [-0.2, 0) is 0 Å². The summed E-state index contributed by atoms with van der Waals surface area (Å²) < 4.78 is 0. The van der Waals surface area contributed by atoms with Gasteiger partial charge in [-0.1, -0.05) is 55.7 Å². The molecule has 1 unspecified atom stereocenters. The molecule has 128 valence electrons. The third-order valence-corrected chi connectivity index (χ3v) is 5.20. The van der Waals surface area contributed by atoms with Crippen LogP contribution in [0, 0.1) is 0 Å². The molecule has 1 heterocycles. The van der Waals surface area contributed by atoms with Crippen LogP contribution >= 0.6 is 0 Å². The van der Waals surface area contributed by atoms with Gasteiger partial charge in [-0.25, -0.2) is 0 Å². The molecule has 1 aromatic heterocycles. The van der Waals surface area contributed by atoms with Gasteiger partial charge in [0.25, 0.3) is 0 Å². The van der Waals surface area contributed by atoms with E-state index in [-0.39, 0.29) is 0 Å². The second-order valence-corrected chi connectivity index (χ2v) is 6.89. The van der Waals surface area contributed by atoms with Gasteiger partial charge >= 0.3 is 0 Å². The number of aromatic nitrogens is 1. The maximum absolute atomic E-state index is 11.1. The highest BCUT2D eigenvalue weighted by Gasteiger charge is 2.19. The molecule has 2 N–H and O–H groups in total. The molecule has 0 bridgehead atoms. The summed E-state index contributed by atoms with van der Waals surface area (Å²) in [4.78, 5) is 4.41. The molecule has 0 spiro atoms. The molecule has 1 aliphatic carbocycles. The van der Waals surface area contributed by atoms with Gasteiger partial charge in [0.2, 0.25) is 0 Å². The molecule has 3 heteroatoms. The minimum Gasteiger partial charge on any atom is -0.384 e. The Hall–Kier alpha value is -2.39. The first kappa shape index (κ1) is 16.1. The fraction of sp³-hybridized carbons (Fsp3) is 0.318. The lowest BCUT2D eigenvalue weighted by Gasteiger charge is -2.26. The van der Waals surface area contributed by atoms with E-state index in [1.807, 2.05) is 48.5 Å². The van der Waals surface area contributed by atoms with Gasteiger partial charge in [0.05, 0.1) is 5.52 Å². The number of nitrogens with one attached hydrogen (secondary N) is 1. The van der Waals surface area contributed by atoms with Crippen molar-refractivity contribution in [2.24, 2.45) is 0 Å². The van der Waals surface area contributed by atoms with Crippen LogP contribution in [0.15, 0.2) is 60.8 Å². The highest BCUT2D eigenvalue weighted by atomic mass is 16.3. The van der Waals surface area contributed by atoms with Crippen LogP contribution in [0.1, 0.15) is 49.3 Å². The van der Waals surface area contributed by atoms with Crippen molar-refractivity contribution in [3.63, 3.8) is 0 Å². The lowest BCUT2D eigenvalue weighted by Crippen LogP contribution is -2.23. The quantitative estimate of drug-likeness (QED) is 0.702. The van der Waals surface area contributed by atoms with E-state index < -0.39 is 6.10 Å². The van der Waals surface area contributed by atoms with Gasteiger partial charge in [-0.2, -0.15) is 0 Å². The molecule has 4 rings (SSSR count). The monoisotopic (exact) mass is 332 g/mol. The zero-order chi connectivity index (χ0) is 17.1. The number of fused-ring (bicyclic) bond motifs is 1. The molecule has 1 fully saturated rings. The molecule has 1 aliphatic rings. The minimum atomic E-state index is -0.666. The number of pyridine rings is 1. The van der Waals surface area contributed by atoms with Crippen molar-refractivity contribution >= 4 is 16.6 Å². The topological polar surface area (TPSA) is 45.1 Å². The predicted octanol–water partition coefficient (Wildman–Crippen LogP) is 5.06. The number of benzene rings is 2. The molecule has 0 amide bonds. The molecule has 1 atom stereocenters. The van der Waals surface area contributed by atoms with Crippen molar-refractivity contribution in [3.05, 3.63) is 71.9 Å². The number of hydrogen-bond acceptors (Lipinski definition) is 3. The third-order valence-electron chi connectivity index (χ3n) is 5.20. The zero-order valence-electron chi connectivity index (χ0n) is 14.4. The summed E-state index contributed by atoms with van der Waals surface area (Å²) in [7, 11) is 0. The van der Waals surface area contributed by atoms with E-state index in [1.54, 1.807) is 6.20 Å². The van der Waals surface area contributed by atoms with Gasteiger partial charge in [-0.05, 0) is 36.6 Å². The summed E-state index contributed by atoms with van der Waals surface area (Å²) in [5.41, 5.74) is 3.80. The van der Waals surface area contributed by atoms with Crippen LogP contribution in [0.3, 0.4) is 0 Å². The summed E-state index contributed by atoms with van der Waals surface area (Å²) >= 11 is 0. The van der Waals surface area contributed by atoms with Gasteiger partial charge in [-0.15, -0.1) is 0 Å². The van der Waals surface area contributed by atoms with Crippen LogP contribution in [0.2, 0.25) is 0 Å². The Morgan fingerprint density at radius 3 is 2.52 bits per heavy atom. The fourth-order valence-electron chi connectivity index (χ4n) is 3.86. The molecule has 0 radical (unpaired) electrons. The lowest BCUT2D eigenvalue weighted by molar-refractivity contribution is 0.222. The fourth-order valence-corrected chi connectivity index (χ4v) is 3.86. The highest BCUT2D eigenvalue weighted by molar-refractivity contribution is 5.83. The highest BCUT2D eigenvalue weighted by Crippen LogP contribution is 2.33. The van der Waals surface area contributed by atoms with Gasteiger partial charge in [0.1, 0.15) is 6.10 Å². The number of hydrogen-bond donors (Lipinski definition) is 2. The van der Waals surface area contributed by atoms with E-state index in [0.717, 1.165) is 27.7 Å². The van der Waals surface area contributed by atoms with Crippen molar-refractivity contribution in [3.8, 4) is 0 Å². The number of rotatable bonds is 4. The van der Waals surface area contributed by atoms with Gasteiger partial charge in [0.15, 0.2) is 0 Å². The molecule has 1 saturated carbocycles. The average Bonchev–Trinajstić information content (AvgIpc) is 2.68. The minimum absolute atomic E-state index is 0.510. The largest absolute Gasteiger partial charge is 0.384 e. The van der Waals surface area contributed by atoms with Crippen LogP contribution in [0.4, 0.5) is 5.69 Å². The van der Waals surface area contributed by atoms with E-state index in [4.69, 9.17) is 0 Å². The van der Waals surface area contributed by atoms with Crippen molar-refractivity contribution in [2.75, 3.05) is 5.32 Å². The lowest BCUT2D eigenvalue weighted by atomic mass is 9.93. The van der Waals surface area contributed by atoms with Gasteiger partial charge in [0, 0.05) is 28.9 Å². The Morgan fingerprint density at radius 1 is 0.880 bits per heavy atom. The van der Waals surface area contributed by atoms with Crippen LogP contribution in [0.5, 0.6) is 0 Å². The van der Waals surface area contributed by atoms with E-state index in [2.05, 4.69) is 16.4 Å². The normalized spacial score (nSPS) is 16.7. The predicted molar refractivity (Wildman–Crippen MR) is 103 cm³/mol. The zero-order valence-corrected chi connectivity index (χ0v) is 14.4. The Labute approximate surface area is 148 Å². The number of aliphatic hydroxyl groups excluding tert-OH is 1. The van der Waals surface area contributed by atoms with Gasteiger partial charge in [-0.3, -0.25) is 4.98 Å². The van der Waals surface area contributed by atoms with Crippen LogP contribution in [-0.4, -0.2) is 16.1 Å². The van der Waals surface area contributed by atoms with E-state index in [1.165, 1.54) is 32.1 Å². The number of aliphatic hydroxyl groups is 1. The summed E-state index contributed by atoms with van der Waals surface area (Å²) in [5.74, 6) is 0. The second kappa shape index (κ2) is 7.24. The molecule has 3 nitrogen and oxygen atoms in total. The first-order chi connectivity index (χ1) is 12.3. The smallest absolute Gasteiger partial charge is 0.107 e. The van der Waals surface area contributed by atoms with Gasteiger partial charge < -0.3 is 10.4 Å². The van der Waals surface area contributed by atoms with Crippen molar-refractivity contribution in [1.82, 2.24) is 4.98 Å². The Balaban J connectivity index is 1.69. The first-order valence-corrected chi connectivity index (χ1v) is 9.20. The van der Waals surface area contributed by atoms with Crippen molar-refractivity contribution in [1.29, 1.82) is 0 Å². The molecular formula is C22H24N2O. The maximum Gasteiger partial charge on any atom is 0.107 e. The summed E-state index contributed by atoms with van der Waals surface area (Å²) in [6.45, 7) is 0. The molecule has 3 aromatic rings. The summed E-state index contributed by atoms with van der Waals surface area (Å²) in [6, 6.07) is 18.5. The molecule has 2 aromatic carbocycles. The van der Waals surface area contributed by atoms with Crippen molar-refractivity contribution < 1.29 is 5.11 Å². The number of anilines is 1. The molecule has 0 saturated heterocycles. The second-order valence-electron chi connectivity index (χ2n) is 6.89. The van der Waals surface area contributed by atoms with Crippen LogP contribution < -0.4 is 5.32 Å². The summed E-state index contributed by atoms with van der Waals surface area (Å²) in [5, 5.41) is 15.8. The summed E-state index contributed by atoms with van der Waals surface area (Å²) in [6.07, 6.45) is 7.45. The third kappa shape index (κ3) is 3.38. The SMILES string of the molecule is OC(c1ccccc1NC1CCCCC1)c1ccnc2ccccc12. The van der Waals surface area contributed by atoms with E-state index in [0.29, 0.717) is 6.04 Å². The van der Waals surface area contributed by atoms with E-state index >= 15 is 0 Å². The van der Waals surface area contributed by atoms with E-state index in [9.17, 15) is 5.11 Å². The van der Waals surface area contributed by atoms with Crippen molar-refractivity contribution in [2.45, 2.75) is 44.2 Å². The number of para-hydroxylation sites is 2. The Bertz CT molecular complexity index is 850. The average molecular weight is 332 g/mol. The standard InChI is InChI=1S/C22H24N2O/c25-22(18-14-15-23-20-12-6-4-10-17(18)20)19-11-5-7-13-21(19)24-16-8-2-1-3-9-16/h4-7,10-16,22,24-25H,1-3,8-9H2. The Morgan fingerprint density at radius 2 is 1.64 bits per heavy atom. The molecular weight excluding hydrogens is 308 g/mol. The Kier molecular flexibility index (Phi) is 4.66. The molecule has 0 aliphatic heterocycles. The number of nitrogens with zero attached hydrogens (tertiary/aromatic N) is 1.